The third kappa shape index (κ3) is 4.30. The van der Waals surface area contributed by atoms with Gasteiger partial charge in [-0.15, -0.1) is 0 Å². The number of carbonyl (C=O) groups excluding carboxylic acids is 1. The van der Waals surface area contributed by atoms with Gasteiger partial charge in [-0.1, -0.05) is 60.7 Å². The average molecular weight is 474 g/mol. The number of non-ortho nitro benzene ring substituents is 1. The van der Waals surface area contributed by atoms with Crippen molar-refractivity contribution in [2.24, 2.45) is 0 Å². The zero-order valence-corrected chi connectivity index (χ0v) is 19.4. The minimum absolute atomic E-state index is 0.110. The molecular weight excluding hydrogens is 451 g/mol. The Kier molecular flexibility index (Phi) is 6.75. The molecule has 0 fully saturated rings. The molecule has 0 aliphatic rings. The van der Waals surface area contributed by atoms with E-state index in [1.807, 2.05) is 36.4 Å². The highest BCUT2D eigenvalue weighted by Crippen LogP contribution is 2.59. The summed E-state index contributed by atoms with van der Waals surface area (Å²) in [6.07, 6.45) is 1.49. The molecule has 1 aromatic heterocycles. The molecule has 8 heteroatoms. The van der Waals surface area contributed by atoms with Crippen LogP contribution in [0.1, 0.15) is 28.8 Å². The molecule has 34 heavy (non-hydrogen) atoms. The molecule has 1 heterocycles. The van der Waals surface area contributed by atoms with Gasteiger partial charge >= 0.3 is 0 Å². The number of carbonyl (C=O) groups is 1. The molecule has 3 aromatic carbocycles. The lowest BCUT2D eigenvalue weighted by Gasteiger charge is -2.36. The van der Waals surface area contributed by atoms with Crippen LogP contribution in [0.25, 0.3) is 0 Å². The summed E-state index contributed by atoms with van der Waals surface area (Å²) < 4.78 is 20.9. The quantitative estimate of drug-likeness (QED) is 0.195. The molecule has 0 radical (unpaired) electrons. The van der Waals surface area contributed by atoms with Gasteiger partial charge in [-0.2, -0.15) is 0 Å². The summed E-state index contributed by atoms with van der Waals surface area (Å²) in [4.78, 5) is 25.7. The Bertz CT molecular complexity index is 1260. The number of hydrogen-bond acceptors (Lipinski definition) is 5. The van der Waals surface area contributed by atoms with E-state index in [1.54, 1.807) is 43.3 Å². The fourth-order valence-corrected chi connectivity index (χ4v) is 7.28. The van der Waals surface area contributed by atoms with E-state index < -0.39 is 23.8 Å². The van der Waals surface area contributed by atoms with Gasteiger partial charge < -0.3 is 13.9 Å². The summed E-state index contributed by atoms with van der Waals surface area (Å²) in [5, 5.41) is 12.2. The zero-order valence-electron chi connectivity index (χ0n) is 18.5. The van der Waals surface area contributed by atoms with Gasteiger partial charge in [0, 0.05) is 34.9 Å². The normalized spacial score (nSPS) is 12.1. The van der Waals surface area contributed by atoms with E-state index in [9.17, 15) is 14.9 Å². The standard InChI is InChI=1S/C26H23N2O5P/c1-2-27(25(29)20-15-17-21(18-16-20)28(30)31)26(24-14-9-19-33-24)34(32,22-10-5-3-6-11-22)23-12-7-4-8-13-23/h3-19,26H,2H2,1H3/t26-/m1/s1. The molecule has 4 aromatic rings. The highest BCUT2D eigenvalue weighted by atomic mass is 31.2. The maximum Gasteiger partial charge on any atom is 0.269 e. The maximum atomic E-state index is 15.2. The van der Waals surface area contributed by atoms with Crippen LogP contribution in [0.15, 0.2) is 108 Å². The number of nitro groups is 1. The predicted molar refractivity (Wildman–Crippen MR) is 131 cm³/mol. The van der Waals surface area contributed by atoms with Gasteiger partial charge in [0.05, 0.1) is 11.2 Å². The summed E-state index contributed by atoms with van der Waals surface area (Å²) in [7, 11) is -3.49. The van der Waals surface area contributed by atoms with Crippen molar-refractivity contribution in [1.29, 1.82) is 0 Å². The molecule has 0 saturated heterocycles. The fraction of sp³-hybridized carbons (Fsp3) is 0.115. The molecule has 0 bridgehead atoms. The van der Waals surface area contributed by atoms with Crippen LogP contribution < -0.4 is 10.6 Å². The van der Waals surface area contributed by atoms with Crippen LogP contribution in [0.5, 0.6) is 0 Å². The van der Waals surface area contributed by atoms with Gasteiger partial charge in [0.15, 0.2) is 12.9 Å². The summed E-state index contributed by atoms with van der Waals surface area (Å²) in [5.74, 6) is -0.918. The van der Waals surface area contributed by atoms with Crippen LogP contribution in [0.3, 0.4) is 0 Å². The van der Waals surface area contributed by atoms with Crippen molar-refractivity contribution >= 4 is 29.3 Å². The predicted octanol–water partition coefficient (Wildman–Crippen LogP) is 5.36. The first-order valence-electron chi connectivity index (χ1n) is 10.8. The van der Waals surface area contributed by atoms with E-state index in [4.69, 9.17) is 4.42 Å². The summed E-state index contributed by atoms with van der Waals surface area (Å²) in [6.45, 7) is 2.05. The second-order valence-corrected chi connectivity index (χ2v) is 10.5. The van der Waals surface area contributed by atoms with E-state index in [-0.39, 0.29) is 17.8 Å². The van der Waals surface area contributed by atoms with E-state index >= 15 is 4.57 Å². The molecular formula is C26H23N2O5P. The third-order valence-corrected chi connectivity index (χ3v) is 9.00. The van der Waals surface area contributed by atoms with E-state index in [0.717, 1.165) is 0 Å². The lowest BCUT2D eigenvalue weighted by molar-refractivity contribution is -0.384. The number of rotatable bonds is 8. The van der Waals surface area contributed by atoms with E-state index in [0.29, 0.717) is 16.4 Å². The number of hydrogen-bond donors (Lipinski definition) is 0. The molecule has 0 unspecified atom stereocenters. The Morgan fingerprint density at radius 1 is 0.912 bits per heavy atom. The van der Waals surface area contributed by atoms with Gasteiger partial charge in [-0.3, -0.25) is 14.9 Å². The van der Waals surface area contributed by atoms with Crippen molar-refractivity contribution in [2.75, 3.05) is 6.54 Å². The molecule has 7 nitrogen and oxygen atoms in total. The number of nitro benzene ring substituents is 1. The first kappa shape index (κ1) is 23.2. The summed E-state index contributed by atoms with van der Waals surface area (Å²) in [6, 6.07) is 27.0. The highest BCUT2D eigenvalue weighted by Gasteiger charge is 2.44. The maximum absolute atomic E-state index is 15.2. The van der Waals surface area contributed by atoms with Gasteiger partial charge in [-0.05, 0) is 31.2 Å². The lowest BCUT2D eigenvalue weighted by Crippen LogP contribution is -2.38. The van der Waals surface area contributed by atoms with Gasteiger partial charge in [0.1, 0.15) is 5.76 Å². The van der Waals surface area contributed by atoms with Gasteiger partial charge in [0.2, 0.25) is 0 Å². The monoisotopic (exact) mass is 474 g/mol. The fourth-order valence-electron chi connectivity index (χ4n) is 4.02. The number of nitrogens with zero attached hydrogens (tertiary/aromatic N) is 2. The third-order valence-electron chi connectivity index (χ3n) is 5.64. The Hall–Kier alpha value is -3.96. The van der Waals surface area contributed by atoms with Crippen LogP contribution in [0.4, 0.5) is 5.69 Å². The Labute approximate surface area is 197 Å². The van der Waals surface area contributed by atoms with Crippen molar-refractivity contribution in [3.05, 3.63) is 125 Å². The molecule has 0 N–H and O–H groups in total. The first-order valence-corrected chi connectivity index (χ1v) is 12.5. The van der Waals surface area contributed by atoms with Crippen LogP contribution >= 0.6 is 7.14 Å². The molecule has 4 rings (SSSR count). The molecule has 0 saturated carbocycles. The van der Waals surface area contributed by atoms with E-state index in [2.05, 4.69) is 0 Å². The minimum atomic E-state index is -3.49. The van der Waals surface area contributed by atoms with Gasteiger partial charge in [0.25, 0.3) is 11.6 Å². The second kappa shape index (κ2) is 9.89. The topological polar surface area (TPSA) is 93.7 Å². The lowest BCUT2D eigenvalue weighted by atomic mass is 10.1. The zero-order chi connectivity index (χ0) is 24.1. The summed E-state index contributed by atoms with van der Waals surface area (Å²) >= 11 is 0. The molecule has 172 valence electrons. The Balaban J connectivity index is 1.90. The van der Waals surface area contributed by atoms with Crippen molar-refractivity contribution in [1.82, 2.24) is 4.90 Å². The second-order valence-electron chi connectivity index (χ2n) is 7.61. The minimum Gasteiger partial charge on any atom is -0.467 e. The van der Waals surface area contributed by atoms with Gasteiger partial charge in [-0.25, -0.2) is 0 Å². The number of furan rings is 1. The largest absolute Gasteiger partial charge is 0.467 e. The van der Waals surface area contributed by atoms with Crippen molar-refractivity contribution in [3.63, 3.8) is 0 Å². The SMILES string of the molecule is CCN(C(=O)c1ccc([N+](=O)[O-])cc1)[C@@H](c1ccco1)P(=O)(c1ccccc1)c1ccccc1. The molecule has 0 spiro atoms. The van der Waals surface area contributed by atoms with Crippen LogP contribution in [-0.2, 0) is 4.57 Å². The van der Waals surface area contributed by atoms with Crippen molar-refractivity contribution in [2.45, 2.75) is 12.7 Å². The van der Waals surface area contributed by atoms with Crippen LogP contribution in [0, 0.1) is 10.1 Å². The Morgan fingerprint density at radius 2 is 1.47 bits per heavy atom. The smallest absolute Gasteiger partial charge is 0.269 e. The Morgan fingerprint density at radius 3 is 1.91 bits per heavy atom. The van der Waals surface area contributed by atoms with Crippen LogP contribution in [0.2, 0.25) is 0 Å². The number of benzene rings is 3. The molecule has 1 amide bonds. The number of amides is 1. The van der Waals surface area contributed by atoms with E-state index in [1.165, 1.54) is 35.4 Å². The summed E-state index contributed by atoms with van der Waals surface area (Å²) in [5.41, 5.74) is 0.151. The first-order chi connectivity index (χ1) is 16.5. The highest BCUT2D eigenvalue weighted by molar-refractivity contribution is 7.79. The van der Waals surface area contributed by atoms with Crippen molar-refractivity contribution in [3.8, 4) is 0 Å². The molecule has 1 atom stereocenters. The molecule has 0 aliphatic carbocycles. The van der Waals surface area contributed by atoms with Crippen molar-refractivity contribution < 1.29 is 18.7 Å². The molecule has 0 aliphatic heterocycles. The van der Waals surface area contributed by atoms with Crippen LogP contribution in [-0.4, -0.2) is 22.3 Å². The average Bonchev–Trinajstić information content (AvgIpc) is 3.42.